The van der Waals surface area contributed by atoms with Crippen LogP contribution in [0.3, 0.4) is 0 Å². The Balaban J connectivity index is 2.04. The van der Waals surface area contributed by atoms with Crippen molar-refractivity contribution in [3.63, 3.8) is 0 Å². The highest BCUT2D eigenvalue weighted by Gasteiger charge is 2.10. The van der Waals surface area contributed by atoms with E-state index in [1.54, 1.807) is 6.33 Å². The van der Waals surface area contributed by atoms with Crippen molar-refractivity contribution >= 4 is 28.5 Å². The first-order chi connectivity index (χ1) is 9.54. The SMILES string of the molecule is Cc1nc(Cl)c2ncn(Cc3ccc(N)c(C)c3)c2n1. The van der Waals surface area contributed by atoms with E-state index < -0.39 is 0 Å². The van der Waals surface area contributed by atoms with Crippen LogP contribution in [0.15, 0.2) is 24.5 Å². The zero-order valence-corrected chi connectivity index (χ0v) is 12.0. The summed E-state index contributed by atoms with van der Waals surface area (Å²) >= 11 is 6.08. The van der Waals surface area contributed by atoms with Crippen LogP contribution in [-0.2, 0) is 6.54 Å². The van der Waals surface area contributed by atoms with Gasteiger partial charge in [0.05, 0.1) is 12.9 Å². The van der Waals surface area contributed by atoms with Crippen LogP contribution in [0.5, 0.6) is 0 Å². The topological polar surface area (TPSA) is 69.6 Å². The van der Waals surface area contributed by atoms with Gasteiger partial charge >= 0.3 is 0 Å². The molecule has 0 radical (unpaired) electrons. The Kier molecular flexibility index (Phi) is 3.06. The number of imidazole rings is 1. The number of aryl methyl sites for hydroxylation is 2. The minimum Gasteiger partial charge on any atom is -0.399 e. The molecule has 3 rings (SSSR count). The molecule has 0 unspecified atom stereocenters. The number of halogens is 1. The minimum absolute atomic E-state index is 0.389. The lowest BCUT2D eigenvalue weighted by molar-refractivity contribution is 0.809. The summed E-state index contributed by atoms with van der Waals surface area (Å²) in [5.74, 6) is 0.637. The Bertz CT molecular complexity index is 794. The molecule has 0 bridgehead atoms. The van der Waals surface area contributed by atoms with Crippen molar-refractivity contribution in [3.8, 4) is 0 Å². The zero-order chi connectivity index (χ0) is 14.3. The molecule has 102 valence electrons. The van der Waals surface area contributed by atoms with Crippen LogP contribution in [0.4, 0.5) is 5.69 Å². The molecule has 0 aliphatic heterocycles. The number of hydrogen-bond donors (Lipinski definition) is 1. The Morgan fingerprint density at radius 2 is 2.05 bits per heavy atom. The Morgan fingerprint density at radius 1 is 1.25 bits per heavy atom. The average Bonchev–Trinajstić information content (AvgIpc) is 2.77. The number of benzene rings is 1. The number of nitrogens with zero attached hydrogens (tertiary/aromatic N) is 4. The summed E-state index contributed by atoms with van der Waals surface area (Å²) in [6.07, 6.45) is 1.73. The number of anilines is 1. The number of nitrogen functional groups attached to an aromatic ring is 1. The number of aromatic nitrogens is 4. The van der Waals surface area contributed by atoms with Gasteiger partial charge < -0.3 is 10.3 Å². The molecule has 2 heterocycles. The van der Waals surface area contributed by atoms with Crippen molar-refractivity contribution in [2.75, 3.05) is 5.73 Å². The van der Waals surface area contributed by atoms with E-state index in [2.05, 4.69) is 21.0 Å². The van der Waals surface area contributed by atoms with Gasteiger partial charge in [-0.2, -0.15) is 0 Å². The second kappa shape index (κ2) is 4.76. The molecular formula is C14H14ClN5. The first kappa shape index (κ1) is 12.9. The molecule has 0 amide bonds. The maximum atomic E-state index is 6.08. The van der Waals surface area contributed by atoms with Crippen molar-refractivity contribution in [2.24, 2.45) is 0 Å². The molecule has 0 saturated carbocycles. The standard InChI is InChI=1S/C14H14ClN5/c1-8-5-10(3-4-11(8)16)6-20-7-17-12-13(15)18-9(2)19-14(12)20/h3-5,7H,6,16H2,1-2H3. The van der Waals surface area contributed by atoms with E-state index in [0.717, 1.165) is 22.5 Å². The number of hydrogen-bond acceptors (Lipinski definition) is 4. The van der Waals surface area contributed by atoms with Crippen LogP contribution >= 0.6 is 11.6 Å². The molecular weight excluding hydrogens is 274 g/mol. The van der Waals surface area contributed by atoms with E-state index >= 15 is 0 Å². The molecule has 20 heavy (non-hydrogen) atoms. The third-order valence-electron chi connectivity index (χ3n) is 3.22. The molecule has 0 fully saturated rings. The second-order valence-electron chi connectivity index (χ2n) is 4.80. The lowest BCUT2D eigenvalue weighted by Gasteiger charge is -2.07. The average molecular weight is 288 g/mol. The largest absolute Gasteiger partial charge is 0.399 e. The molecule has 3 aromatic rings. The fraction of sp³-hybridized carbons (Fsp3) is 0.214. The summed E-state index contributed by atoms with van der Waals surface area (Å²) in [5.41, 5.74) is 10.2. The monoisotopic (exact) mass is 287 g/mol. The summed E-state index contributed by atoms with van der Waals surface area (Å²) < 4.78 is 1.96. The van der Waals surface area contributed by atoms with Crippen LogP contribution in [0, 0.1) is 13.8 Å². The zero-order valence-electron chi connectivity index (χ0n) is 11.3. The lowest BCUT2D eigenvalue weighted by Crippen LogP contribution is -2.02. The van der Waals surface area contributed by atoms with Crippen molar-refractivity contribution < 1.29 is 0 Å². The third kappa shape index (κ3) is 2.20. The van der Waals surface area contributed by atoms with Gasteiger partial charge in [0.1, 0.15) is 11.3 Å². The van der Waals surface area contributed by atoms with E-state index in [1.807, 2.05) is 30.5 Å². The van der Waals surface area contributed by atoms with Crippen LogP contribution in [0.1, 0.15) is 17.0 Å². The van der Waals surface area contributed by atoms with Crippen LogP contribution < -0.4 is 5.73 Å². The van der Waals surface area contributed by atoms with Crippen molar-refractivity contribution in [1.82, 2.24) is 19.5 Å². The fourth-order valence-corrected chi connectivity index (χ4v) is 2.42. The van der Waals surface area contributed by atoms with E-state index in [1.165, 1.54) is 0 Å². The quantitative estimate of drug-likeness (QED) is 0.581. The van der Waals surface area contributed by atoms with Gasteiger partial charge in [-0.1, -0.05) is 23.7 Å². The number of rotatable bonds is 2. The molecule has 0 spiro atoms. The van der Waals surface area contributed by atoms with Gasteiger partial charge in [0, 0.05) is 5.69 Å². The lowest BCUT2D eigenvalue weighted by atomic mass is 10.1. The molecule has 0 atom stereocenters. The maximum Gasteiger partial charge on any atom is 0.165 e. The van der Waals surface area contributed by atoms with Gasteiger partial charge in [-0.05, 0) is 31.0 Å². The molecule has 6 heteroatoms. The van der Waals surface area contributed by atoms with Crippen molar-refractivity contribution in [1.29, 1.82) is 0 Å². The maximum absolute atomic E-state index is 6.08. The van der Waals surface area contributed by atoms with E-state index in [-0.39, 0.29) is 0 Å². The Hall–Kier alpha value is -2.14. The summed E-state index contributed by atoms with van der Waals surface area (Å²) in [6.45, 7) is 4.48. The Labute approximate surface area is 121 Å². The first-order valence-electron chi connectivity index (χ1n) is 6.24. The van der Waals surface area contributed by atoms with E-state index in [0.29, 0.717) is 23.0 Å². The van der Waals surface area contributed by atoms with Gasteiger partial charge in [0.2, 0.25) is 0 Å². The molecule has 0 saturated heterocycles. The van der Waals surface area contributed by atoms with Crippen molar-refractivity contribution in [3.05, 3.63) is 46.6 Å². The van der Waals surface area contributed by atoms with Gasteiger partial charge in [-0.3, -0.25) is 0 Å². The van der Waals surface area contributed by atoms with Gasteiger partial charge in [-0.15, -0.1) is 0 Å². The van der Waals surface area contributed by atoms with Crippen LogP contribution in [-0.4, -0.2) is 19.5 Å². The highest BCUT2D eigenvalue weighted by molar-refractivity contribution is 6.33. The minimum atomic E-state index is 0.389. The predicted molar refractivity (Wildman–Crippen MR) is 79.8 cm³/mol. The van der Waals surface area contributed by atoms with Crippen LogP contribution in [0.2, 0.25) is 5.15 Å². The van der Waals surface area contributed by atoms with Crippen molar-refractivity contribution in [2.45, 2.75) is 20.4 Å². The highest BCUT2D eigenvalue weighted by atomic mass is 35.5. The van der Waals surface area contributed by atoms with E-state index in [4.69, 9.17) is 17.3 Å². The summed E-state index contributed by atoms with van der Waals surface area (Å²) in [5, 5.41) is 0.389. The predicted octanol–water partition coefficient (Wildman–Crippen LogP) is 2.73. The molecule has 1 aromatic carbocycles. The smallest absolute Gasteiger partial charge is 0.165 e. The van der Waals surface area contributed by atoms with Crippen LogP contribution in [0.25, 0.3) is 11.2 Å². The van der Waals surface area contributed by atoms with Gasteiger partial charge in [0.15, 0.2) is 10.8 Å². The highest BCUT2D eigenvalue weighted by Crippen LogP contribution is 2.20. The molecule has 2 N–H and O–H groups in total. The molecule has 0 aliphatic carbocycles. The van der Waals surface area contributed by atoms with E-state index in [9.17, 15) is 0 Å². The first-order valence-corrected chi connectivity index (χ1v) is 6.62. The van der Waals surface area contributed by atoms with Gasteiger partial charge in [0.25, 0.3) is 0 Å². The second-order valence-corrected chi connectivity index (χ2v) is 5.16. The number of fused-ring (bicyclic) bond motifs is 1. The third-order valence-corrected chi connectivity index (χ3v) is 3.48. The Morgan fingerprint density at radius 3 is 2.80 bits per heavy atom. The molecule has 0 aliphatic rings. The molecule has 2 aromatic heterocycles. The summed E-state index contributed by atoms with van der Waals surface area (Å²) in [7, 11) is 0. The summed E-state index contributed by atoms with van der Waals surface area (Å²) in [6, 6.07) is 5.98. The summed E-state index contributed by atoms with van der Waals surface area (Å²) in [4.78, 5) is 12.8. The normalized spacial score (nSPS) is 11.2. The molecule has 5 nitrogen and oxygen atoms in total. The van der Waals surface area contributed by atoms with Gasteiger partial charge in [-0.25, -0.2) is 15.0 Å². The number of nitrogens with two attached hydrogens (primary N) is 1. The fourth-order valence-electron chi connectivity index (χ4n) is 2.16.